The molecular weight excluding hydrogens is 484 g/mol. The number of carbonyl (C=O) groups is 3. The lowest BCUT2D eigenvalue weighted by molar-refractivity contribution is -0.122. The highest BCUT2D eigenvalue weighted by Gasteiger charge is 2.64. The summed E-state index contributed by atoms with van der Waals surface area (Å²) in [6.45, 7) is 0. The molecule has 0 saturated carbocycles. The molecule has 0 unspecified atom stereocenters. The van der Waals surface area contributed by atoms with Gasteiger partial charge in [-0.25, -0.2) is 4.90 Å². The molecule has 0 bridgehead atoms. The van der Waals surface area contributed by atoms with Crippen molar-refractivity contribution in [3.8, 4) is 0 Å². The van der Waals surface area contributed by atoms with Crippen LogP contribution >= 0.6 is 11.6 Å². The summed E-state index contributed by atoms with van der Waals surface area (Å²) in [6, 6.07) is 26.7. The summed E-state index contributed by atoms with van der Waals surface area (Å²) >= 11 is 6.08. The Bertz CT molecular complexity index is 1640. The van der Waals surface area contributed by atoms with Crippen LogP contribution in [0, 0.1) is 11.8 Å². The van der Waals surface area contributed by atoms with E-state index in [-0.39, 0.29) is 17.6 Å². The van der Waals surface area contributed by atoms with Crippen molar-refractivity contribution in [2.24, 2.45) is 11.8 Å². The summed E-state index contributed by atoms with van der Waals surface area (Å²) in [7, 11) is 0. The molecule has 37 heavy (non-hydrogen) atoms. The number of hydrogen-bond donors (Lipinski definition) is 0. The maximum Gasteiger partial charge on any atom is 0.240 e. The van der Waals surface area contributed by atoms with Gasteiger partial charge in [0.15, 0.2) is 5.78 Å². The minimum Gasteiger partial charge on any atom is -0.352 e. The summed E-state index contributed by atoms with van der Waals surface area (Å²) in [5, 5.41) is 2.50. The Hall–Kier alpha value is -4.22. The van der Waals surface area contributed by atoms with Gasteiger partial charge in [-0.2, -0.15) is 0 Å². The monoisotopic (exact) mass is 504 g/mol. The fourth-order valence-electron chi connectivity index (χ4n) is 6.17. The summed E-state index contributed by atoms with van der Waals surface area (Å²) in [5.41, 5.74) is 2.81. The average molecular weight is 505 g/mol. The van der Waals surface area contributed by atoms with Crippen LogP contribution in [0.3, 0.4) is 0 Å². The highest BCUT2D eigenvalue weighted by molar-refractivity contribution is 6.30. The van der Waals surface area contributed by atoms with Crippen molar-refractivity contribution in [2.45, 2.75) is 12.1 Å². The van der Waals surface area contributed by atoms with Gasteiger partial charge in [0.1, 0.15) is 6.04 Å². The SMILES string of the molecule is O=C(c1ccc(Cl)cc1)[C@@H]1[C@@H]2C(=O)N(c3ccc4ccccc4c3)C(=O)[C@H]2[C@@H]2C=Cc3ccccc3N12. The number of halogens is 1. The first-order valence-corrected chi connectivity index (χ1v) is 12.6. The molecule has 0 radical (unpaired) electrons. The zero-order chi connectivity index (χ0) is 25.3. The minimum atomic E-state index is -0.816. The van der Waals surface area contributed by atoms with Gasteiger partial charge in [0.25, 0.3) is 0 Å². The van der Waals surface area contributed by atoms with E-state index in [9.17, 15) is 14.4 Å². The molecule has 3 aliphatic heterocycles. The van der Waals surface area contributed by atoms with Crippen molar-refractivity contribution in [2.75, 3.05) is 9.80 Å². The van der Waals surface area contributed by atoms with Crippen molar-refractivity contribution < 1.29 is 14.4 Å². The van der Waals surface area contributed by atoms with Crippen LogP contribution in [-0.4, -0.2) is 29.7 Å². The summed E-state index contributed by atoms with van der Waals surface area (Å²) in [4.78, 5) is 45.3. The predicted octanol–water partition coefficient (Wildman–Crippen LogP) is 5.77. The molecule has 0 N–H and O–H groups in total. The molecule has 4 aromatic carbocycles. The maximum absolute atomic E-state index is 14.1. The molecule has 7 rings (SSSR count). The minimum absolute atomic E-state index is 0.194. The number of hydrogen-bond acceptors (Lipinski definition) is 4. The number of imide groups is 1. The second kappa shape index (κ2) is 8.15. The molecule has 4 atom stereocenters. The lowest BCUT2D eigenvalue weighted by atomic mass is 9.86. The second-order valence-electron chi connectivity index (χ2n) is 9.73. The van der Waals surface area contributed by atoms with E-state index in [0.29, 0.717) is 16.3 Å². The number of rotatable bonds is 3. The molecule has 0 aromatic heterocycles. The highest BCUT2D eigenvalue weighted by atomic mass is 35.5. The van der Waals surface area contributed by atoms with Crippen molar-refractivity contribution in [3.63, 3.8) is 0 Å². The normalized spacial score (nSPS) is 23.8. The van der Waals surface area contributed by atoms with Gasteiger partial charge in [0.2, 0.25) is 11.8 Å². The number of fused-ring (bicyclic) bond motifs is 6. The number of benzene rings is 4. The van der Waals surface area contributed by atoms with E-state index < -0.39 is 23.9 Å². The number of anilines is 2. The van der Waals surface area contributed by atoms with E-state index >= 15 is 0 Å². The highest BCUT2D eigenvalue weighted by Crippen LogP contribution is 2.50. The van der Waals surface area contributed by atoms with E-state index in [1.807, 2.05) is 77.7 Å². The van der Waals surface area contributed by atoms with Crippen LogP contribution in [0.4, 0.5) is 11.4 Å². The number of para-hydroxylation sites is 1. The Morgan fingerprint density at radius 1 is 0.757 bits per heavy atom. The predicted molar refractivity (Wildman–Crippen MR) is 145 cm³/mol. The van der Waals surface area contributed by atoms with Gasteiger partial charge in [-0.3, -0.25) is 14.4 Å². The fraction of sp³-hybridized carbons (Fsp3) is 0.129. The van der Waals surface area contributed by atoms with Crippen molar-refractivity contribution in [1.29, 1.82) is 0 Å². The standard InChI is InChI=1S/C31H21ClN2O3/c32-22-13-9-20(10-14-22)29(35)28-27-26(25-16-12-19-6-3-4-8-24(19)34(25)28)30(36)33(31(27)37)23-15-11-18-5-1-2-7-21(18)17-23/h1-17,25-28H/t25-,26-,27+,28-/m0/s1. The van der Waals surface area contributed by atoms with E-state index in [4.69, 9.17) is 11.6 Å². The Morgan fingerprint density at radius 3 is 2.27 bits per heavy atom. The van der Waals surface area contributed by atoms with Gasteiger partial charge in [-0.15, -0.1) is 0 Å². The lowest BCUT2D eigenvalue weighted by Gasteiger charge is -2.36. The third kappa shape index (κ3) is 3.20. The summed E-state index contributed by atoms with van der Waals surface area (Å²) in [6.07, 6.45) is 3.95. The zero-order valence-corrected chi connectivity index (χ0v) is 20.4. The molecule has 3 heterocycles. The maximum atomic E-state index is 14.1. The van der Waals surface area contributed by atoms with E-state index in [0.717, 1.165) is 22.0 Å². The van der Waals surface area contributed by atoms with Crippen molar-refractivity contribution >= 4 is 57.4 Å². The molecule has 5 nitrogen and oxygen atoms in total. The van der Waals surface area contributed by atoms with Crippen LogP contribution in [0.2, 0.25) is 5.02 Å². The van der Waals surface area contributed by atoms with Gasteiger partial charge in [-0.05, 0) is 58.8 Å². The van der Waals surface area contributed by atoms with Crippen molar-refractivity contribution in [3.05, 3.63) is 113 Å². The van der Waals surface area contributed by atoms with Crippen molar-refractivity contribution in [1.82, 2.24) is 0 Å². The average Bonchev–Trinajstić information content (AvgIpc) is 3.41. The quantitative estimate of drug-likeness (QED) is 0.263. The number of amides is 2. The molecule has 3 aliphatic rings. The second-order valence-corrected chi connectivity index (χ2v) is 10.2. The smallest absolute Gasteiger partial charge is 0.240 e. The molecule has 2 fully saturated rings. The lowest BCUT2D eigenvalue weighted by Crippen LogP contribution is -2.48. The molecule has 0 aliphatic carbocycles. The van der Waals surface area contributed by atoms with Crippen LogP contribution < -0.4 is 9.80 Å². The largest absolute Gasteiger partial charge is 0.352 e. The van der Waals surface area contributed by atoms with Crippen LogP contribution in [0.25, 0.3) is 16.8 Å². The molecule has 4 aromatic rings. The third-order valence-electron chi connectivity index (χ3n) is 7.80. The van der Waals surface area contributed by atoms with Crippen LogP contribution in [0.1, 0.15) is 15.9 Å². The Balaban J connectivity index is 1.36. The van der Waals surface area contributed by atoms with Gasteiger partial charge in [0.05, 0.1) is 23.6 Å². The Labute approximate surface area is 218 Å². The summed E-state index contributed by atoms with van der Waals surface area (Å²) < 4.78 is 0. The zero-order valence-electron chi connectivity index (χ0n) is 19.6. The topological polar surface area (TPSA) is 57.7 Å². The fourth-order valence-corrected chi connectivity index (χ4v) is 6.29. The molecule has 0 spiro atoms. The third-order valence-corrected chi connectivity index (χ3v) is 8.06. The molecule has 2 amide bonds. The van der Waals surface area contributed by atoms with E-state index in [2.05, 4.69) is 0 Å². The molecular formula is C31H21ClN2O3. The number of ketones is 1. The number of carbonyl (C=O) groups excluding carboxylic acids is 3. The molecule has 2 saturated heterocycles. The molecule has 6 heteroatoms. The first-order valence-electron chi connectivity index (χ1n) is 12.2. The first kappa shape index (κ1) is 22.0. The van der Waals surface area contributed by atoms with E-state index in [1.54, 1.807) is 30.3 Å². The Kier molecular flexibility index (Phi) is 4.85. The van der Waals surface area contributed by atoms with Gasteiger partial charge in [0, 0.05) is 16.3 Å². The van der Waals surface area contributed by atoms with Crippen LogP contribution in [-0.2, 0) is 9.59 Å². The number of Topliss-reactive ketones (excluding diaryl/α,β-unsaturated/α-hetero) is 1. The van der Waals surface area contributed by atoms with Gasteiger partial charge >= 0.3 is 0 Å². The summed E-state index contributed by atoms with van der Waals surface area (Å²) in [5.74, 6) is -2.26. The van der Waals surface area contributed by atoms with Gasteiger partial charge in [-0.1, -0.05) is 72.3 Å². The van der Waals surface area contributed by atoms with Gasteiger partial charge < -0.3 is 4.90 Å². The molecule has 180 valence electrons. The number of nitrogens with zero attached hydrogens (tertiary/aromatic N) is 2. The van der Waals surface area contributed by atoms with Crippen LogP contribution in [0.5, 0.6) is 0 Å². The van der Waals surface area contributed by atoms with E-state index in [1.165, 1.54) is 4.90 Å². The first-order chi connectivity index (χ1) is 18.0. The van der Waals surface area contributed by atoms with Crippen LogP contribution in [0.15, 0.2) is 97.1 Å². The Morgan fingerprint density at radius 2 is 1.46 bits per heavy atom.